The smallest absolute Gasteiger partial charge is 0.170 e. The van der Waals surface area contributed by atoms with Crippen LogP contribution < -0.4 is 9.47 Å². The number of benzene rings is 2. The fourth-order valence-corrected chi connectivity index (χ4v) is 1.86. The number of carbonyl (C=O) groups is 1. The number of aryl methyl sites for hydroxylation is 1. The van der Waals surface area contributed by atoms with Gasteiger partial charge in [-0.15, -0.1) is 0 Å². The molecule has 0 aliphatic rings. The second-order valence-electron chi connectivity index (χ2n) is 4.49. The lowest BCUT2D eigenvalue weighted by Gasteiger charge is -2.07. The van der Waals surface area contributed by atoms with Gasteiger partial charge in [-0.05, 0) is 24.1 Å². The summed E-state index contributed by atoms with van der Waals surface area (Å²) in [4.78, 5) is 11.8. The lowest BCUT2D eigenvalue weighted by Crippen LogP contribution is -2.12. The Morgan fingerprint density at radius 1 is 1.00 bits per heavy atom. The normalized spacial score (nSPS) is 10.1. The summed E-state index contributed by atoms with van der Waals surface area (Å²) in [5, 5.41) is 0. The van der Waals surface area contributed by atoms with E-state index < -0.39 is 0 Å². The highest BCUT2D eigenvalue weighted by Crippen LogP contribution is 2.18. The zero-order chi connectivity index (χ0) is 14.2. The van der Waals surface area contributed by atoms with Crippen LogP contribution >= 0.6 is 0 Å². The highest BCUT2D eigenvalue weighted by molar-refractivity contribution is 5.80. The number of ether oxygens (including phenoxy) is 2. The van der Waals surface area contributed by atoms with Crippen molar-refractivity contribution in [2.75, 3.05) is 13.7 Å². The topological polar surface area (TPSA) is 35.5 Å². The molecule has 0 saturated carbocycles. The summed E-state index contributed by atoms with van der Waals surface area (Å²) in [6.07, 6.45) is 1.25. The molecule has 0 aromatic heterocycles. The largest absolute Gasteiger partial charge is 0.497 e. The molecule has 2 aromatic rings. The summed E-state index contributed by atoms with van der Waals surface area (Å²) >= 11 is 0. The average molecular weight is 270 g/mol. The first-order valence-corrected chi connectivity index (χ1v) is 6.60. The quantitative estimate of drug-likeness (QED) is 0.774. The maximum atomic E-state index is 11.8. The fraction of sp³-hybridized carbons (Fsp3) is 0.235. The average Bonchev–Trinajstić information content (AvgIpc) is 2.52. The minimum Gasteiger partial charge on any atom is -0.497 e. The van der Waals surface area contributed by atoms with Crippen LogP contribution in [-0.2, 0) is 11.2 Å². The highest BCUT2D eigenvalue weighted by atomic mass is 16.5. The van der Waals surface area contributed by atoms with Crippen molar-refractivity contribution in [3.8, 4) is 11.5 Å². The van der Waals surface area contributed by atoms with Crippen molar-refractivity contribution in [1.29, 1.82) is 0 Å². The Morgan fingerprint density at radius 3 is 2.50 bits per heavy atom. The van der Waals surface area contributed by atoms with Crippen molar-refractivity contribution in [2.45, 2.75) is 12.8 Å². The van der Waals surface area contributed by atoms with Crippen LogP contribution in [0.4, 0.5) is 0 Å². The van der Waals surface area contributed by atoms with Gasteiger partial charge in [-0.2, -0.15) is 0 Å². The molecule has 0 fully saturated rings. The van der Waals surface area contributed by atoms with Gasteiger partial charge in [0.25, 0.3) is 0 Å². The van der Waals surface area contributed by atoms with Gasteiger partial charge < -0.3 is 9.47 Å². The van der Waals surface area contributed by atoms with Crippen LogP contribution in [-0.4, -0.2) is 19.5 Å². The first kappa shape index (κ1) is 14.1. The SMILES string of the molecule is COc1cccc(OCC(=O)CCc2ccccc2)c1. The Balaban J connectivity index is 1.77. The molecule has 0 unspecified atom stereocenters. The molecule has 0 amide bonds. The molecule has 104 valence electrons. The van der Waals surface area contributed by atoms with Crippen LogP contribution in [0.15, 0.2) is 54.6 Å². The molecule has 0 spiro atoms. The summed E-state index contributed by atoms with van der Waals surface area (Å²) in [5.74, 6) is 1.47. The van der Waals surface area contributed by atoms with Gasteiger partial charge in [0.1, 0.15) is 18.1 Å². The van der Waals surface area contributed by atoms with E-state index in [-0.39, 0.29) is 12.4 Å². The maximum Gasteiger partial charge on any atom is 0.170 e. The molecular weight excluding hydrogens is 252 g/mol. The van der Waals surface area contributed by atoms with Crippen LogP contribution in [0.5, 0.6) is 11.5 Å². The van der Waals surface area contributed by atoms with Crippen molar-refractivity contribution in [3.05, 3.63) is 60.2 Å². The Labute approximate surface area is 119 Å². The first-order chi connectivity index (χ1) is 9.78. The Morgan fingerprint density at radius 2 is 1.75 bits per heavy atom. The van der Waals surface area contributed by atoms with Crippen molar-refractivity contribution >= 4 is 5.78 Å². The van der Waals surface area contributed by atoms with Gasteiger partial charge in [-0.25, -0.2) is 0 Å². The standard InChI is InChI=1S/C17H18O3/c1-19-16-8-5-9-17(12-16)20-13-15(18)11-10-14-6-3-2-4-7-14/h2-9,12H,10-11,13H2,1H3. The molecule has 2 aromatic carbocycles. The minimum atomic E-state index is 0.0941. The van der Waals surface area contributed by atoms with Crippen LogP contribution in [0.25, 0.3) is 0 Å². The molecule has 0 heterocycles. The van der Waals surface area contributed by atoms with E-state index >= 15 is 0 Å². The predicted molar refractivity (Wildman–Crippen MR) is 78.3 cm³/mol. The van der Waals surface area contributed by atoms with Crippen LogP contribution in [0.2, 0.25) is 0 Å². The van der Waals surface area contributed by atoms with E-state index in [1.54, 1.807) is 13.2 Å². The zero-order valence-corrected chi connectivity index (χ0v) is 11.5. The number of ketones is 1. The molecule has 3 heteroatoms. The van der Waals surface area contributed by atoms with E-state index in [9.17, 15) is 4.79 Å². The predicted octanol–water partition coefficient (Wildman–Crippen LogP) is 3.28. The molecule has 0 atom stereocenters. The molecule has 0 aliphatic carbocycles. The number of rotatable bonds is 7. The van der Waals surface area contributed by atoms with Crippen LogP contribution in [0, 0.1) is 0 Å². The summed E-state index contributed by atoms with van der Waals surface area (Å²) in [5.41, 5.74) is 1.17. The molecule has 2 rings (SSSR count). The van der Waals surface area contributed by atoms with Gasteiger partial charge >= 0.3 is 0 Å². The van der Waals surface area contributed by atoms with Crippen LogP contribution in [0.3, 0.4) is 0 Å². The number of carbonyl (C=O) groups excluding carboxylic acids is 1. The summed E-state index contributed by atoms with van der Waals surface area (Å²) < 4.78 is 10.6. The molecule has 0 bridgehead atoms. The third kappa shape index (κ3) is 4.43. The van der Waals surface area contributed by atoms with Crippen molar-refractivity contribution in [3.63, 3.8) is 0 Å². The molecule has 20 heavy (non-hydrogen) atoms. The summed E-state index contributed by atoms with van der Waals surface area (Å²) in [7, 11) is 1.60. The van der Waals surface area contributed by atoms with Gasteiger partial charge in [-0.1, -0.05) is 36.4 Å². The third-order valence-electron chi connectivity index (χ3n) is 2.98. The molecule has 0 radical (unpaired) electrons. The minimum absolute atomic E-state index is 0.0941. The Hall–Kier alpha value is -2.29. The van der Waals surface area contributed by atoms with Crippen LogP contribution in [0.1, 0.15) is 12.0 Å². The summed E-state index contributed by atoms with van der Waals surface area (Å²) in [6.45, 7) is 0.0972. The highest BCUT2D eigenvalue weighted by Gasteiger charge is 2.04. The van der Waals surface area contributed by atoms with Gasteiger partial charge in [-0.3, -0.25) is 4.79 Å². The van der Waals surface area contributed by atoms with E-state index in [1.165, 1.54) is 5.56 Å². The lowest BCUT2D eigenvalue weighted by molar-refractivity contribution is -0.121. The number of hydrogen-bond acceptors (Lipinski definition) is 3. The Kier molecular flexibility index (Phi) is 5.18. The first-order valence-electron chi connectivity index (χ1n) is 6.60. The van der Waals surface area contributed by atoms with E-state index in [0.717, 1.165) is 12.2 Å². The molecule has 3 nitrogen and oxygen atoms in total. The van der Waals surface area contributed by atoms with E-state index in [1.807, 2.05) is 48.5 Å². The molecule has 0 N–H and O–H groups in total. The molecule has 0 saturated heterocycles. The summed E-state index contributed by atoms with van der Waals surface area (Å²) in [6, 6.07) is 17.2. The van der Waals surface area contributed by atoms with Gasteiger partial charge in [0.2, 0.25) is 0 Å². The van der Waals surface area contributed by atoms with Crippen molar-refractivity contribution in [1.82, 2.24) is 0 Å². The second kappa shape index (κ2) is 7.34. The maximum absolute atomic E-state index is 11.8. The number of hydrogen-bond donors (Lipinski definition) is 0. The van der Waals surface area contributed by atoms with E-state index in [4.69, 9.17) is 9.47 Å². The second-order valence-corrected chi connectivity index (χ2v) is 4.49. The van der Waals surface area contributed by atoms with Crippen molar-refractivity contribution in [2.24, 2.45) is 0 Å². The zero-order valence-electron chi connectivity index (χ0n) is 11.5. The van der Waals surface area contributed by atoms with E-state index in [0.29, 0.717) is 12.2 Å². The Bertz CT molecular complexity index is 549. The van der Waals surface area contributed by atoms with Gasteiger partial charge in [0.05, 0.1) is 7.11 Å². The van der Waals surface area contributed by atoms with E-state index in [2.05, 4.69) is 0 Å². The third-order valence-corrected chi connectivity index (χ3v) is 2.98. The lowest BCUT2D eigenvalue weighted by atomic mass is 10.1. The van der Waals surface area contributed by atoms with Gasteiger partial charge in [0.15, 0.2) is 5.78 Å². The van der Waals surface area contributed by atoms with Crippen molar-refractivity contribution < 1.29 is 14.3 Å². The number of Topliss-reactive ketones (excluding diaryl/α,β-unsaturated/α-hetero) is 1. The number of methoxy groups -OCH3 is 1. The van der Waals surface area contributed by atoms with Gasteiger partial charge in [0, 0.05) is 12.5 Å². The fourth-order valence-electron chi connectivity index (χ4n) is 1.86. The molecule has 0 aliphatic heterocycles. The monoisotopic (exact) mass is 270 g/mol. The molecular formula is C17H18O3.